The smallest absolute Gasteiger partial charge is 0.220 e. The van der Waals surface area contributed by atoms with Crippen LogP contribution >= 0.6 is 0 Å². The molecule has 0 spiro atoms. The van der Waals surface area contributed by atoms with Gasteiger partial charge in [0.25, 0.3) is 0 Å². The summed E-state index contributed by atoms with van der Waals surface area (Å²) in [5.41, 5.74) is 6.98. The first-order valence-corrected chi connectivity index (χ1v) is 5.07. The van der Waals surface area contributed by atoms with Crippen LogP contribution in [0.2, 0.25) is 0 Å². The summed E-state index contributed by atoms with van der Waals surface area (Å²) in [6.07, 6.45) is 0.741. The van der Waals surface area contributed by atoms with Crippen LogP contribution in [-0.2, 0) is 6.42 Å². The summed E-state index contributed by atoms with van der Waals surface area (Å²) < 4.78 is 13.0. The van der Waals surface area contributed by atoms with Crippen molar-refractivity contribution in [1.29, 1.82) is 0 Å². The van der Waals surface area contributed by atoms with E-state index in [9.17, 15) is 4.39 Å². The first-order valence-electron chi connectivity index (χ1n) is 5.07. The maximum atomic E-state index is 13.0. The molecule has 1 aromatic heterocycles. The number of likely N-dealkylation sites (N-methyl/N-ethyl adjacent to an activating group) is 1. The largest absolute Gasteiger partial charge is 0.368 e. The zero-order valence-electron chi connectivity index (χ0n) is 9.00. The molecule has 0 fully saturated rings. The SMILES string of the molecule is CNCCc1nc(N)nc2cc(F)ccc12. The fourth-order valence-corrected chi connectivity index (χ4v) is 1.62. The van der Waals surface area contributed by atoms with Crippen molar-refractivity contribution in [3.8, 4) is 0 Å². The molecule has 0 aliphatic rings. The number of nitrogen functional groups attached to an aromatic ring is 1. The predicted molar refractivity (Wildman–Crippen MR) is 61.5 cm³/mol. The lowest BCUT2D eigenvalue weighted by Crippen LogP contribution is -2.12. The van der Waals surface area contributed by atoms with E-state index in [-0.39, 0.29) is 11.8 Å². The normalized spacial score (nSPS) is 10.9. The van der Waals surface area contributed by atoms with Gasteiger partial charge in [0.15, 0.2) is 0 Å². The number of anilines is 1. The Morgan fingerprint density at radius 3 is 2.94 bits per heavy atom. The molecule has 0 bridgehead atoms. The van der Waals surface area contributed by atoms with Crippen LogP contribution in [0.15, 0.2) is 18.2 Å². The fourth-order valence-electron chi connectivity index (χ4n) is 1.62. The number of nitrogens with one attached hydrogen (secondary N) is 1. The Bertz CT molecular complexity index is 507. The third-order valence-corrected chi connectivity index (χ3v) is 2.37. The van der Waals surface area contributed by atoms with Crippen molar-refractivity contribution in [2.45, 2.75) is 6.42 Å². The second-order valence-corrected chi connectivity index (χ2v) is 3.54. The van der Waals surface area contributed by atoms with Gasteiger partial charge in [0, 0.05) is 24.4 Å². The Balaban J connectivity index is 2.54. The number of rotatable bonds is 3. The van der Waals surface area contributed by atoms with Crippen LogP contribution in [0.4, 0.5) is 10.3 Å². The first-order chi connectivity index (χ1) is 7.70. The quantitative estimate of drug-likeness (QED) is 0.813. The van der Waals surface area contributed by atoms with Gasteiger partial charge in [-0.15, -0.1) is 0 Å². The average molecular weight is 220 g/mol. The molecular weight excluding hydrogens is 207 g/mol. The maximum absolute atomic E-state index is 13.0. The van der Waals surface area contributed by atoms with E-state index in [2.05, 4.69) is 15.3 Å². The lowest BCUT2D eigenvalue weighted by Gasteiger charge is -2.06. The molecule has 3 N–H and O–H groups in total. The van der Waals surface area contributed by atoms with E-state index in [1.165, 1.54) is 12.1 Å². The Hall–Kier alpha value is -1.75. The molecule has 0 aliphatic carbocycles. The average Bonchev–Trinajstić information content (AvgIpc) is 2.25. The third-order valence-electron chi connectivity index (χ3n) is 2.37. The number of benzene rings is 1. The Labute approximate surface area is 92.7 Å². The van der Waals surface area contributed by atoms with Crippen molar-refractivity contribution in [3.63, 3.8) is 0 Å². The maximum Gasteiger partial charge on any atom is 0.220 e. The van der Waals surface area contributed by atoms with Crippen LogP contribution in [0.3, 0.4) is 0 Å². The summed E-state index contributed by atoms with van der Waals surface area (Å²) in [4.78, 5) is 8.18. The highest BCUT2D eigenvalue weighted by molar-refractivity contribution is 5.81. The molecule has 16 heavy (non-hydrogen) atoms. The molecule has 0 unspecified atom stereocenters. The van der Waals surface area contributed by atoms with Gasteiger partial charge >= 0.3 is 0 Å². The monoisotopic (exact) mass is 220 g/mol. The van der Waals surface area contributed by atoms with Crippen molar-refractivity contribution in [3.05, 3.63) is 29.7 Å². The van der Waals surface area contributed by atoms with Crippen LogP contribution in [-0.4, -0.2) is 23.6 Å². The van der Waals surface area contributed by atoms with Gasteiger partial charge in [-0.05, 0) is 19.2 Å². The first kappa shape index (κ1) is 10.8. The lowest BCUT2D eigenvalue weighted by molar-refractivity contribution is 0.629. The van der Waals surface area contributed by atoms with E-state index in [1.807, 2.05) is 7.05 Å². The molecule has 4 nitrogen and oxygen atoms in total. The van der Waals surface area contributed by atoms with Gasteiger partial charge in [0.05, 0.1) is 11.2 Å². The summed E-state index contributed by atoms with van der Waals surface area (Å²) in [5.74, 6) is -0.130. The van der Waals surface area contributed by atoms with Crippen molar-refractivity contribution >= 4 is 16.9 Å². The van der Waals surface area contributed by atoms with Crippen molar-refractivity contribution in [2.24, 2.45) is 0 Å². The fraction of sp³-hybridized carbons (Fsp3) is 0.273. The van der Waals surface area contributed by atoms with Crippen LogP contribution in [0.25, 0.3) is 10.9 Å². The third kappa shape index (κ3) is 2.09. The molecule has 84 valence electrons. The van der Waals surface area contributed by atoms with Gasteiger partial charge in [0.2, 0.25) is 5.95 Å². The predicted octanol–water partition coefficient (Wildman–Crippen LogP) is 1.11. The summed E-state index contributed by atoms with van der Waals surface area (Å²) in [7, 11) is 1.87. The molecule has 0 amide bonds. The zero-order valence-corrected chi connectivity index (χ0v) is 9.00. The molecular formula is C11H13FN4. The van der Waals surface area contributed by atoms with E-state index >= 15 is 0 Å². The molecule has 2 aromatic rings. The topological polar surface area (TPSA) is 63.8 Å². The van der Waals surface area contributed by atoms with Crippen molar-refractivity contribution < 1.29 is 4.39 Å². The van der Waals surface area contributed by atoms with Gasteiger partial charge in [0.1, 0.15) is 5.82 Å². The van der Waals surface area contributed by atoms with Crippen molar-refractivity contribution in [1.82, 2.24) is 15.3 Å². The number of aromatic nitrogens is 2. The van der Waals surface area contributed by atoms with E-state index in [0.717, 1.165) is 24.0 Å². The second-order valence-electron chi connectivity index (χ2n) is 3.54. The summed E-state index contributed by atoms with van der Waals surface area (Å²) in [6, 6.07) is 4.47. The minimum atomic E-state index is -0.315. The van der Waals surface area contributed by atoms with Gasteiger partial charge in [-0.1, -0.05) is 0 Å². The number of nitrogens with zero attached hydrogens (tertiary/aromatic N) is 2. The number of halogens is 1. The van der Waals surface area contributed by atoms with E-state index in [0.29, 0.717) is 5.52 Å². The zero-order chi connectivity index (χ0) is 11.5. The highest BCUT2D eigenvalue weighted by Gasteiger charge is 2.06. The number of hydrogen-bond acceptors (Lipinski definition) is 4. The molecule has 0 saturated heterocycles. The molecule has 2 rings (SSSR count). The van der Waals surface area contributed by atoms with Crippen LogP contribution in [0.1, 0.15) is 5.69 Å². The number of fused-ring (bicyclic) bond motifs is 1. The van der Waals surface area contributed by atoms with E-state index in [4.69, 9.17) is 5.73 Å². The summed E-state index contributed by atoms with van der Waals surface area (Å²) >= 11 is 0. The Morgan fingerprint density at radius 2 is 2.19 bits per heavy atom. The minimum absolute atomic E-state index is 0.184. The van der Waals surface area contributed by atoms with Gasteiger partial charge < -0.3 is 11.1 Å². The minimum Gasteiger partial charge on any atom is -0.368 e. The van der Waals surface area contributed by atoms with Crippen LogP contribution < -0.4 is 11.1 Å². The Morgan fingerprint density at radius 1 is 1.38 bits per heavy atom. The van der Waals surface area contributed by atoms with E-state index in [1.54, 1.807) is 6.07 Å². The summed E-state index contributed by atoms with van der Waals surface area (Å²) in [5, 5.41) is 3.89. The number of hydrogen-bond donors (Lipinski definition) is 2. The highest BCUT2D eigenvalue weighted by Crippen LogP contribution is 2.18. The standard InChI is InChI=1S/C11H13FN4/c1-14-5-4-9-8-3-2-7(12)6-10(8)16-11(13)15-9/h2-3,6,14H,4-5H2,1H3,(H2,13,15,16). The van der Waals surface area contributed by atoms with Crippen LogP contribution in [0, 0.1) is 5.82 Å². The van der Waals surface area contributed by atoms with Crippen LogP contribution in [0.5, 0.6) is 0 Å². The number of nitrogens with two attached hydrogens (primary N) is 1. The molecule has 1 heterocycles. The molecule has 0 saturated carbocycles. The molecule has 5 heteroatoms. The van der Waals surface area contributed by atoms with Crippen molar-refractivity contribution in [2.75, 3.05) is 19.3 Å². The molecule has 0 radical (unpaired) electrons. The van der Waals surface area contributed by atoms with Gasteiger partial charge in [-0.2, -0.15) is 0 Å². The Kier molecular flexibility index (Phi) is 2.96. The molecule has 1 aromatic carbocycles. The lowest BCUT2D eigenvalue weighted by atomic mass is 10.1. The highest BCUT2D eigenvalue weighted by atomic mass is 19.1. The van der Waals surface area contributed by atoms with E-state index < -0.39 is 0 Å². The van der Waals surface area contributed by atoms with Gasteiger partial charge in [-0.3, -0.25) is 0 Å². The molecule has 0 aliphatic heterocycles. The molecule has 0 atom stereocenters. The summed E-state index contributed by atoms with van der Waals surface area (Å²) in [6.45, 7) is 0.795. The second kappa shape index (κ2) is 4.40. The van der Waals surface area contributed by atoms with Gasteiger partial charge in [-0.25, -0.2) is 14.4 Å².